The third-order valence-corrected chi connectivity index (χ3v) is 5.08. The van der Waals surface area contributed by atoms with Gasteiger partial charge in [0.25, 0.3) is 10.0 Å². The first kappa shape index (κ1) is 17.1. The van der Waals surface area contributed by atoms with Gasteiger partial charge in [0.1, 0.15) is 12.4 Å². The molecule has 2 aromatic rings. The Morgan fingerprint density at radius 2 is 1.70 bits per heavy atom. The Bertz CT molecular complexity index is 788. The fourth-order valence-electron chi connectivity index (χ4n) is 1.80. The molecule has 0 bridgehead atoms. The monoisotopic (exact) mass is 354 g/mol. The van der Waals surface area contributed by atoms with Gasteiger partial charge in [-0.25, -0.2) is 8.42 Å². The van der Waals surface area contributed by atoms with Crippen LogP contribution in [0.3, 0.4) is 0 Å². The van der Waals surface area contributed by atoms with E-state index in [1.54, 1.807) is 0 Å². The lowest BCUT2D eigenvalue weighted by Gasteiger charge is -2.20. The minimum Gasteiger partial charge on any atom is -0.546 e. The van der Waals surface area contributed by atoms with Crippen LogP contribution >= 0.6 is 11.6 Å². The summed E-state index contributed by atoms with van der Waals surface area (Å²) in [6.45, 7) is -0.571. The van der Waals surface area contributed by atoms with E-state index in [0.717, 1.165) is 4.31 Å². The van der Waals surface area contributed by atoms with Gasteiger partial charge in [-0.2, -0.15) is 0 Å². The van der Waals surface area contributed by atoms with Crippen molar-refractivity contribution < 1.29 is 23.1 Å². The van der Waals surface area contributed by atoms with Crippen LogP contribution in [0.4, 0.5) is 5.69 Å². The molecule has 0 saturated carbocycles. The van der Waals surface area contributed by atoms with Crippen molar-refractivity contribution in [1.82, 2.24) is 0 Å². The quantitative estimate of drug-likeness (QED) is 0.780. The van der Waals surface area contributed by atoms with Crippen molar-refractivity contribution >= 4 is 33.3 Å². The highest BCUT2D eigenvalue weighted by Gasteiger charge is 2.21. The molecule has 0 aliphatic heterocycles. The summed E-state index contributed by atoms with van der Waals surface area (Å²) < 4.78 is 31.1. The van der Waals surface area contributed by atoms with E-state index in [9.17, 15) is 18.3 Å². The van der Waals surface area contributed by atoms with Crippen molar-refractivity contribution in [2.24, 2.45) is 0 Å². The normalized spacial score (nSPS) is 11.0. The lowest BCUT2D eigenvalue weighted by Crippen LogP contribution is -2.29. The third kappa shape index (κ3) is 4.14. The number of sulfonamides is 1. The number of carbonyl (C=O) groups excluding carboxylic acids is 1. The Balaban J connectivity index is 2.20. The van der Waals surface area contributed by atoms with Gasteiger partial charge in [-0.1, -0.05) is 11.6 Å². The molecule has 122 valence electrons. The number of nitrogens with zero attached hydrogens (tertiary/aromatic N) is 1. The second-order valence-corrected chi connectivity index (χ2v) is 6.99. The molecule has 0 atom stereocenters. The van der Waals surface area contributed by atoms with E-state index in [1.165, 1.54) is 55.6 Å². The number of rotatable bonds is 6. The summed E-state index contributed by atoms with van der Waals surface area (Å²) in [4.78, 5) is 10.4. The third-order valence-electron chi connectivity index (χ3n) is 3.03. The molecular weight excluding hydrogens is 342 g/mol. The zero-order valence-corrected chi connectivity index (χ0v) is 13.7. The SMILES string of the molecule is CN(c1ccc(OCC(=O)[O-])cc1)S(=O)(=O)c1ccc(Cl)cc1. The Morgan fingerprint density at radius 3 is 2.22 bits per heavy atom. The second kappa shape index (κ2) is 6.89. The van der Waals surface area contributed by atoms with Crippen molar-refractivity contribution in [3.63, 3.8) is 0 Å². The van der Waals surface area contributed by atoms with Crippen molar-refractivity contribution in [1.29, 1.82) is 0 Å². The molecule has 2 rings (SSSR count). The summed E-state index contributed by atoms with van der Waals surface area (Å²) in [5, 5.41) is 10.8. The van der Waals surface area contributed by atoms with Crippen LogP contribution in [0.2, 0.25) is 5.02 Å². The molecule has 0 fully saturated rings. The highest BCUT2D eigenvalue weighted by atomic mass is 35.5. The molecule has 0 radical (unpaired) electrons. The Hall–Kier alpha value is -2.25. The van der Waals surface area contributed by atoms with Crippen molar-refractivity contribution in [2.75, 3.05) is 18.0 Å². The average molecular weight is 355 g/mol. The second-order valence-electron chi connectivity index (χ2n) is 4.58. The van der Waals surface area contributed by atoms with Gasteiger partial charge in [-0.15, -0.1) is 0 Å². The summed E-state index contributed by atoms with van der Waals surface area (Å²) in [5.41, 5.74) is 0.403. The van der Waals surface area contributed by atoms with Crippen LogP contribution in [-0.4, -0.2) is 28.0 Å². The molecule has 0 aromatic heterocycles. The van der Waals surface area contributed by atoms with Crippen LogP contribution in [0.25, 0.3) is 0 Å². The number of carbonyl (C=O) groups is 1. The summed E-state index contributed by atoms with van der Waals surface area (Å²) in [7, 11) is -2.30. The number of aliphatic carboxylic acids is 1. The van der Waals surface area contributed by atoms with Crippen molar-refractivity contribution in [2.45, 2.75) is 4.90 Å². The van der Waals surface area contributed by atoms with Crippen molar-refractivity contribution in [3.05, 3.63) is 53.6 Å². The molecule has 8 heteroatoms. The minimum absolute atomic E-state index is 0.113. The van der Waals surface area contributed by atoms with Crippen LogP contribution < -0.4 is 14.1 Å². The highest BCUT2D eigenvalue weighted by Crippen LogP contribution is 2.25. The van der Waals surface area contributed by atoms with E-state index in [4.69, 9.17) is 16.3 Å². The topological polar surface area (TPSA) is 86.7 Å². The van der Waals surface area contributed by atoms with Gasteiger partial charge in [0, 0.05) is 12.1 Å². The lowest BCUT2D eigenvalue weighted by atomic mass is 10.3. The smallest absolute Gasteiger partial charge is 0.264 e. The number of hydrogen-bond acceptors (Lipinski definition) is 5. The zero-order valence-electron chi connectivity index (χ0n) is 12.1. The molecule has 0 aliphatic rings. The van der Waals surface area contributed by atoms with Gasteiger partial charge in [-0.3, -0.25) is 4.31 Å². The van der Waals surface area contributed by atoms with Crippen LogP contribution in [0.15, 0.2) is 53.4 Å². The molecule has 0 amide bonds. The van der Waals surface area contributed by atoms with E-state index >= 15 is 0 Å². The summed E-state index contributed by atoms with van der Waals surface area (Å²) in [6, 6.07) is 11.8. The van der Waals surface area contributed by atoms with E-state index in [0.29, 0.717) is 16.5 Å². The minimum atomic E-state index is -3.72. The van der Waals surface area contributed by atoms with Gasteiger partial charge in [0.05, 0.1) is 16.6 Å². The molecule has 0 spiro atoms. The number of ether oxygens (including phenoxy) is 1. The van der Waals surface area contributed by atoms with E-state index in [1.807, 2.05) is 0 Å². The molecule has 0 aliphatic carbocycles. The maximum absolute atomic E-state index is 12.5. The number of benzene rings is 2. The molecule has 6 nitrogen and oxygen atoms in total. The predicted molar refractivity (Wildman–Crippen MR) is 84.0 cm³/mol. The number of halogens is 1. The van der Waals surface area contributed by atoms with Gasteiger partial charge in [0.15, 0.2) is 0 Å². The van der Waals surface area contributed by atoms with Crippen LogP contribution in [0.1, 0.15) is 0 Å². The largest absolute Gasteiger partial charge is 0.546 e. The van der Waals surface area contributed by atoms with E-state index in [-0.39, 0.29) is 4.90 Å². The lowest BCUT2D eigenvalue weighted by molar-refractivity contribution is -0.307. The average Bonchev–Trinajstić information content (AvgIpc) is 2.53. The van der Waals surface area contributed by atoms with Crippen LogP contribution in [0, 0.1) is 0 Å². The molecule has 2 aromatic carbocycles. The molecule has 0 heterocycles. The standard InChI is InChI=1S/C15H14ClNO5S/c1-17(23(20,21)14-8-2-11(16)3-9-14)12-4-6-13(7-5-12)22-10-15(18)19/h2-9H,10H2,1H3,(H,18,19)/p-1. The molecule has 0 saturated heterocycles. The van der Waals surface area contributed by atoms with Gasteiger partial charge in [-0.05, 0) is 48.5 Å². The van der Waals surface area contributed by atoms with Gasteiger partial charge >= 0.3 is 0 Å². The maximum Gasteiger partial charge on any atom is 0.264 e. The molecule has 23 heavy (non-hydrogen) atoms. The Kier molecular flexibility index (Phi) is 5.12. The number of carboxylic acids is 1. The van der Waals surface area contributed by atoms with E-state index < -0.39 is 22.6 Å². The number of hydrogen-bond donors (Lipinski definition) is 0. The summed E-state index contributed by atoms with van der Waals surface area (Å²) in [5.74, 6) is -1.04. The first-order valence-corrected chi connectivity index (χ1v) is 8.30. The van der Waals surface area contributed by atoms with Crippen molar-refractivity contribution in [3.8, 4) is 5.75 Å². The number of anilines is 1. The zero-order chi connectivity index (χ0) is 17.0. The predicted octanol–water partition coefficient (Wildman–Crippen LogP) is 1.29. The fraction of sp³-hybridized carbons (Fsp3) is 0.133. The van der Waals surface area contributed by atoms with E-state index in [2.05, 4.69) is 0 Å². The first-order valence-electron chi connectivity index (χ1n) is 6.48. The highest BCUT2D eigenvalue weighted by molar-refractivity contribution is 7.92. The Morgan fingerprint density at radius 1 is 1.13 bits per heavy atom. The molecule has 0 unspecified atom stereocenters. The molecule has 0 N–H and O–H groups in total. The van der Waals surface area contributed by atoms with Gasteiger partial charge < -0.3 is 14.6 Å². The van der Waals surface area contributed by atoms with Crippen LogP contribution in [-0.2, 0) is 14.8 Å². The summed E-state index contributed by atoms with van der Waals surface area (Å²) in [6.07, 6.45) is 0. The first-order chi connectivity index (χ1) is 10.8. The molecular formula is C15H13ClNO5S-. The van der Waals surface area contributed by atoms with Gasteiger partial charge in [0.2, 0.25) is 0 Å². The Labute approximate surface area is 138 Å². The van der Waals surface area contributed by atoms with Crippen LogP contribution in [0.5, 0.6) is 5.75 Å². The summed E-state index contributed by atoms with van der Waals surface area (Å²) >= 11 is 5.76. The number of carboxylic acid groups (broad SMARTS) is 1. The fourth-order valence-corrected chi connectivity index (χ4v) is 3.12. The maximum atomic E-state index is 12.5.